The van der Waals surface area contributed by atoms with Crippen LogP contribution in [0, 0.1) is 19.7 Å². The number of benzene rings is 1. The van der Waals surface area contributed by atoms with E-state index in [0.717, 1.165) is 28.8 Å². The van der Waals surface area contributed by atoms with E-state index in [1.54, 1.807) is 13.0 Å². The zero-order valence-electron chi connectivity index (χ0n) is 10.3. The molecule has 0 atom stereocenters. The van der Waals surface area contributed by atoms with E-state index in [-0.39, 0.29) is 5.82 Å². The van der Waals surface area contributed by atoms with E-state index in [9.17, 15) is 4.39 Å². The number of hydrazine groups is 1. The molecule has 0 radical (unpaired) electrons. The van der Waals surface area contributed by atoms with Crippen LogP contribution >= 0.6 is 0 Å². The maximum atomic E-state index is 13.5. The quantitative estimate of drug-likeness (QED) is 0.619. The maximum absolute atomic E-state index is 13.5. The van der Waals surface area contributed by atoms with Gasteiger partial charge < -0.3 is 5.43 Å². The van der Waals surface area contributed by atoms with Crippen LogP contribution in [0.25, 0.3) is 10.9 Å². The second kappa shape index (κ2) is 4.30. The number of rotatable bonds is 2. The summed E-state index contributed by atoms with van der Waals surface area (Å²) < 4.78 is 13.5. The lowest BCUT2D eigenvalue weighted by Gasteiger charge is -2.14. The zero-order valence-corrected chi connectivity index (χ0v) is 10.3. The molecule has 0 amide bonds. The summed E-state index contributed by atoms with van der Waals surface area (Å²) in [4.78, 5) is 4.53. The van der Waals surface area contributed by atoms with Crippen LogP contribution < -0.4 is 11.3 Å². The SMILES string of the molecule is CCc1nc2c(C)c(F)ccc2c(NN)c1C. The van der Waals surface area contributed by atoms with Crippen molar-refractivity contribution in [2.45, 2.75) is 27.2 Å². The molecule has 0 saturated carbocycles. The third-order valence-electron chi connectivity index (χ3n) is 3.17. The minimum Gasteiger partial charge on any atom is -0.323 e. The van der Waals surface area contributed by atoms with Crippen LogP contribution in [0.5, 0.6) is 0 Å². The fourth-order valence-corrected chi connectivity index (χ4v) is 2.12. The number of anilines is 1. The summed E-state index contributed by atoms with van der Waals surface area (Å²) in [6, 6.07) is 3.16. The van der Waals surface area contributed by atoms with Crippen LogP contribution in [0.1, 0.15) is 23.7 Å². The van der Waals surface area contributed by atoms with Crippen molar-refractivity contribution in [3.05, 3.63) is 34.8 Å². The number of hydrogen-bond donors (Lipinski definition) is 2. The highest BCUT2D eigenvalue weighted by molar-refractivity contribution is 5.95. The number of hydrogen-bond acceptors (Lipinski definition) is 3. The molecule has 0 unspecified atom stereocenters. The minimum atomic E-state index is -0.237. The van der Waals surface area contributed by atoms with Crippen molar-refractivity contribution in [3.63, 3.8) is 0 Å². The van der Waals surface area contributed by atoms with Crippen LogP contribution in [0.4, 0.5) is 10.1 Å². The number of aromatic nitrogens is 1. The number of nitrogen functional groups attached to an aromatic ring is 1. The Morgan fingerprint density at radius 3 is 2.59 bits per heavy atom. The molecule has 4 heteroatoms. The zero-order chi connectivity index (χ0) is 12.6. The standard InChI is InChI=1S/C13H16FN3/c1-4-11-8(3)13(17-15)9-5-6-10(14)7(2)12(9)16-11/h5-6H,4,15H2,1-3H3,(H,16,17). The largest absolute Gasteiger partial charge is 0.323 e. The van der Waals surface area contributed by atoms with Crippen molar-refractivity contribution in [2.24, 2.45) is 5.84 Å². The predicted octanol–water partition coefficient (Wildman–Crippen LogP) is 2.84. The van der Waals surface area contributed by atoms with Crippen molar-refractivity contribution in [1.82, 2.24) is 4.98 Å². The first-order valence-electron chi connectivity index (χ1n) is 5.65. The average Bonchev–Trinajstić information content (AvgIpc) is 2.33. The lowest BCUT2D eigenvalue weighted by atomic mass is 10.0. The Kier molecular flexibility index (Phi) is 2.98. The Hall–Kier alpha value is -1.68. The van der Waals surface area contributed by atoms with Gasteiger partial charge in [0.05, 0.1) is 11.2 Å². The van der Waals surface area contributed by atoms with Crippen LogP contribution in [-0.2, 0) is 6.42 Å². The summed E-state index contributed by atoms with van der Waals surface area (Å²) in [6.07, 6.45) is 0.798. The third kappa shape index (κ3) is 1.74. The van der Waals surface area contributed by atoms with Gasteiger partial charge in [-0.25, -0.2) is 4.39 Å². The number of nitrogens with zero attached hydrogens (tertiary/aromatic N) is 1. The molecule has 0 spiro atoms. The van der Waals surface area contributed by atoms with E-state index in [4.69, 9.17) is 5.84 Å². The van der Waals surface area contributed by atoms with Crippen molar-refractivity contribution >= 4 is 16.6 Å². The summed E-state index contributed by atoms with van der Waals surface area (Å²) in [7, 11) is 0. The van der Waals surface area contributed by atoms with Gasteiger partial charge in [0.25, 0.3) is 0 Å². The Balaban J connectivity index is 2.92. The molecule has 90 valence electrons. The van der Waals surface area contributed by atoms with Gasteiger partial charge in [0.2, 0.25) is 0 Å². The number of halogens is 1. The molecule has 0 fully saturated rings. The molecular formula is C13H16FN3. The lowest BCUT2D eigenvalue weighted by molar-refractivity contribution is 0.620. The molecule has 0 saturated heterocycles. The van der Waals surface area contributed by atoms with E-state index in [1.165, 1.54) is 6.07 Å². The van der Waals surface area contributed by atoms with Crippen molar-refractivity contribution in [1.29, 1.82) is 0 Å². The molecule has 0 aliphatic carbocycles. The van der Waals surface area contributed by atoms with Crippen LogP contribution in [0.3, 0.4) is 0 Å². The number of nitrogens with two attached hydrogens (primary N) is 1. The first-order valence-corrected chi connectivity index (χ1v) is 5.65. The van der Waals surface area contributed by atoms with Gasteiger partial charge in [-0.2, -0.15) is 0 Å². The topological polar surface area (TPSA) is 50.9 Å². The fourth-order valence-electron chi connectivity index (χ4n) is 2.12. The van der Waals surface area contributed by atoms with Gasteiger partial charge in [0.1, 0.15) is 5.82 Å². The second-order valence-corrected chi connectivity index (χ2v) is 4.12. The number of pyridine rings is 1. The number of fused-ring (bicyclic) bond motifs is 1. The number of aryl methyl sites for hydroxylation is 2. The lowest BCUT2D eigenvalue weighted by Crippen LogP contribution is -2.11. The Morgan fingerprint density at radius 1 is 1.29 bits per heavy atom. The molecule has 1 heterocycles. The predicted molar refractivity (Wildman–Crippen MR) is 68.4 cm³/mol. The molecule has 2 rings (SSSR count). The van der Waals surface area contributed by atoms with Crippen molar-refractivity contribution in [3.8, 4) is 0 Å². The van der Waals surface area contributed by atoms with Crippen LogP contribution in [0.2, 0.25) is 0 Å². The molecule has 3 N–H and O–H groups in total. The van der Waals surface area contributed by atoms with Gasteiger partial charge in [0.15, 0.2) is 0 Å². The smallest absolute Gasteiger partial charge is 0.128 e. The Bertz CT molecular complexity index is 579. The van der Waals surface area contributed by atoms with Crippen molar-refractivity contribution < 1.29 is 4.39 Å². The first-order chi connectivity index (χ1) is 8.10. The molecule has 0 bridgehead atoms. The Morgan fingerprint density at radius 2 is 2.00 bits per heavy atom. The highest BCUT2D eigenvalue weighted by atomic mass is 19.1. The van der Waals surface area contributed by atoms with E-state index in [2.05, 4.69) is 10.4 Å². The average molecular weight is 233 g/mol. The molecule has 1 aromatic carbocycles. The molecule has 2 aromatic rings. The highest BCUT2D eigenvalue weighted by Crippen LogP contribution is 2.30. The van der Waals surface area contributed by atoms with E-state index >= 15 is 0 Å². The molecule has 17 heavy (non-hydrogen) atoms. The molecule has 0 aliphatic heterocycles. The molecule has 3 nitrogen and oxygen atoms in total. The van der Waals surface area contributed by atoms with E-state index in [0.29, 0.717) is 11.1 Å². The monoisotopic (exact) mass is 233 g/mol. The summed E-state index contributed by atoms with van der Waals surface area (Å²) in [5.41, 5.74) is 6.74. The van der Waals surface area contributed by atoms with Gasteiger partial charge in [-0.15, -0.1) is 0 Å². The van der Waals surface area contributed by atoms with Gasteiger partial charge in [0, 0.05) is 16.6 Å². The van der Waals surface area contributed by atoms with E-state index in [1.807, 2.05) is 13.8 Å². The number of nitrogens with one attached hydrogen (secondary N) is 1. The summed E-state index contributed by atoms with van der Waals surface area (Å²) >= 11 is 0. The Labute approximate surface area is 99.8 Å². The van der Waals surface area contributed by atoms with Gasteiger partial charge in [-0.3, -0.25) is 10.8 Å². The van der Waals surface area contributed by atoms with Gasteiger partial charge >= 0.3 is 0 Å². The van der Waals surface area contributed by atoms with Crippen LogP contribution in [-0.4, -0.2) is 4.98 Å². The maximum Gasteiger partial charge on any atom is 0.128 e. The normalized spacial score (nSPS) is 10.9. The highest BCUT2D eigenvalue weighted by Gasteiger charge is 2.13. The fraction of sp³-hybridized carbons (Fsp3) is 0.308. The van der Waals surface area contributed by atoms with Crippen molar-refractivity contribution in [2.75, 3.05) is 5.43 Å². The molecule has 0 aliphatic rings. The second-order valence-electron chi connectivity index (χ2n) is 4.12. The summed E-state index contributed by atoms with van der Waals surface area (Å²) in [6.45, 7) is 5.73. The summed E-state index contributed by atoms with van der Waals surface area (Å²) in [5, 5.41) is 0.862. The van der Waals surface area contributed by atoms with Crippen LogP contribution in [0.15, 0.2) is 12.1 Å². The molecular weight excluding hydrogens is 217 g/mol. The van der Waals surface area contributed by atoms with Gasteiger partial charge in [-0.1, -0.05) is 6.92 Å². The molecule has 1 aromatic heterocycles. The first kappa shape index (κ1) is 11.8. The van der Waals surface area contributed by atoms with E-state index < -0.39 is 0 Å². The van der Waals surface area contributed by atoms with Gasteiger partial charge in [-0.05, 0) is 38.0 Å². The third-order valence-corrected chi connectivity index (χ3v) is 3.17. The minimum absolute atomic E-state index is 0.237. The summed E-state index contributed by atoms with van der Waals surface area (Å²) in [5.74, 6) is 5.32.